The van der Waals surface area contributed by atoms with Crippen molar-refractivity contribution in [3.8, 4) is 16.2 Å². The van der Waals surface area contributed by atoms with Crippen molar-refractivity contribution in [2.45, 2.75) is 0 Å². The Morgan fingerprint density at radius 3 is 2.59 bits per heavy atom. The van der Waals surface area contributed by atoms with Gasteiger partial charge in [-0.15, -0.1) is 11.3 Å². The van der Waals surface area contributed by atoms with E-state index in [0.717, 1.165) is 15.3 Å². The van der Waals surface area contributed by atoms with E-state index >= 15 is 0 Å². The van der Waals surface area contributed by atoms with Gasteiger partial charge in [0.25, 0.3) is 5.91 Å². The lowest BCUT2D eigenvalue weighted by Crippen LogP contribution is -2.38. The van der Waals surface area contributed by atoms with Gasteiger partial charge in [-0.2, -0.15) is 0 Å². The second-order valence-corrected chi connectivity index (χ2v) is 8.36. The molecule has 0 unspecified atom stereocenters. The van der Waals surface area contributed by atoms with Crippen LogP contribution in [-0.4, -0.2) is 47.5 Å². The minimum atomic E-state index is -1.02. The van der Waals surface area contributed by atoms with Crippen LogP contribution in [0.3, 0.4) is 0 Å². The predicted molar refractivity (Wildman–Crippen MR) is 127 cm³/mol. The zero-order valence-corrected chi connectivity index (χ0v) is 18.7. The number of aromatic carboxylic acids is 1. The number of nitrogens with zero attached hydrogens (tertiary/aromatic N) is 1. The van der Waals surface area contributed by atoms with E-state index in [-0.39, 0.29) is 11.3 Å². The molecular weight excluding hydrogens is 458 g/mol. The topological polar surface area (TPSA) is 125 Å². The number of rotatable bonds is 7. The summed E-state index contributed by atoms with van der Waals surface area (Å²) < 4.78 is 5.06. The molecule has 0 aliphatic carbocycles. The molecule has 9 nitrogen and oxygen atoms in total. The van der Waals surface area contributed by atoms with Crippen LogP contribution in [0.4, 0.5) is 10.5 Å². The van der Waals surface area contributed by atoms with Crippen molar-refractivity contribution in [3.05, 3.63) is 76.8 Å². The lowest BCUT2D eigenvalue weighted by atomic mass is 10.1. The third-order valence-corrected chi connectivity index (χ3v) is 6.03. The van der Waals surface area contributed by atoms with Crippen molar-refractivity contribution in [2.24, 2.45) is 0 Å². The van der Waals surface area contributed by atoms with E-state index in [1.54, 1.807) is 54.6 Å². The van der Waals surface area contributed by atoms with Crippen molar-refractivity contribution in [2.75, 3.05) is 19.0 Å². The summed E-state index contributed by atoms with van der Waals surface area (Å²) in [5.74, 6) is -1.52. The maximum atomic E-state index is 12.7. The Balaban J connectivity index is 1.44. The molecule has 0 saturated carbocycles. The molecule has 1 aromatic heterocycles. The summed E-state index contributed by atoms with van der Waals surface area (Å²) in [6.07, 6.45) is 1.52. The number of nitrogens with one attached hydrogen (secondary N) is 2. The predicted octanol–water partition coefficient (Wildman–Crippen LogP) is 3.65. The Hall–Kier alpha value is -4.44. The molecule has 3 N–H and O–H groups in total. The number of hydrogen-bond donors (Lipinski definition) is 3. The van der Waals surface area contributed by atoms with Crippen LogP contribution in [0, 0.1) is 0 Å². The van der Waals surface area contributed by atoms with Crippen molar-refractivity contribution in [1.29, 1.82) is 0 Å². The molecule has 0 bridgehead atoms. The van der Waals surface area contributed by atoms with Crippen LogP contribution in [0.1, 0.15) is 15.2 Å². The SMILES string of the molecule is COc1ccc(NC(=O)CN2C(=O)NC(=Cc3ccc(-c4cccc(C(=O)O)c4)s3)C2=O)cc1. The number of methoxy groups -OCH3 is 1. The minimum Gasteiger partial charge on any atom is -0.497 e. The van der Waals surface area contributed by atoms with Crippen LogP contribution in [-0.2, 0) is 9.59 Å². The lowest BCUT2D eigenvalue weighted by molar-refractivity contribution is -0.127. The third-order valence-electron chi connectivity index (χ3n) is 4.95. The van der Waals surface area contributed by atoms with E-state index in [4.69, 9.17) is 4.74 Å². The van der Waals surface area contributed by atoms with E-state index in [0.29, 0.717) is 16.3 Å². The molecule has 172 valence electrons. The van der Waals surface area contributed by atoms with Gasteiger partial charge in [-0.05, 0) is 60.2 Å². The number of hydrogen-bond acceptors (Lipinski definition) is 6. The van der Waals surface area contributed by atoms with Crippen LogP contribution in [0.2, 0.25) is 0 Å². The number of benzene rings is 2. The molecule has 0 spiro atoms. The first kappa shape index (κ1) is 22.7. The first-order valence-corrected chi connectivity index (χ1v) is 10.9. The molecule has 4 rings (SSSR count). The van der Waals surface area contributed by atoms with Crippen LogP contribution < -0.4 is 15.4 Å². The van der Waals surface area contributed by atoms with E-state index in [9.17, 15) is 24.3 Å². The van der Waals surface area contributed by atoms with Gasteiger partial charge in [0.1, 0.15) is 18.0 Å². The van der Waals surface area contributed by atoms with Gasteiger partial charge < -0.3 is 20.5 Å². The maximum absolute atomic E-state index is 12.7. The highest BCUT2D eigenvalue weighted by Gasteiger charge is 2.35. The van der Waals surface area contributed by atoms with Gasteiger partial charge in [0.15, 0.2) is 0 Å². The molecule has 0 radical (unpaired) electrons. The second kappa shape index (κ2) is 9.59. The fourth-order valence-electron chi connectivity index (χ4n) is 3.27. The Morgan fingerprint density at radius 1 is 1.12 bits per heavy atom. The fourth-order valence-corrected chi connectivity index (χ4v) is 4.21. The summed E-state index contributed by atoms with van der Waals surface area (Å²) in [6, 6.07) is 16.1. The molecule has 10 heteroatoms. The molecule has 1 saturated heterocycles. The molecule has 2 aromatic carbocycles. The first-order valence-electron chi connectivity index (χ1n) is 10.1. The zero-order valence-electron chi connectivity index (χ0n) is 17.9. The standard InChI is InChI=1S/C24H19N3O6S/c1-33-17-7-5-16(6-8-17)25-21(28)13-27-22(29)19(26-24(27)32)12-18-9-10-20(34-18)14-3-2-4-15(11-14)23(30)31/h2-12H,13H2,1H3,(H,25,28)(H,26,32)(H,30,31). The van der Waals surface area contributed by atoms with Gasteiger partial charge in [0.05, 0.1) is 12.7 Å². The van der Waals surface area contributed by atoms with Gasteiger partial charge in [-0.25, -0.2) is 14.5 Å². The van der Waals surface area contributed by atoms with Gasteiger partial charge in [0.2, 0.25) is 5.91 Å². The Morgan fingerprint density at radius 2 is 1.88 bits per heavy atom. The molecule has 1 aliphatic heterocycles. The average Bonchev–Trinajstić information content (AvgIpc) is 3.40. The Kier molecular flexibility index (Phi) is 6.42. The first-order chi connectivity index (χ1) is 16.3. The fraction of sp³-hybridized carbons (Fsp3) is 0.0833. The number of amides is 4. The normalized spacial score (nSPS) is 14.3. The summed E-state index contributed by atoms with van der Waals surface area (Å²) in [5, 5.41) is 14.3. The van der Waals surface area contributed by atoms with E-state index in [1.807, 2.05) is 0 Å². The molecule has 34 heavy (non-hydrogen) atoms. The van der Waals surface area contributed by atoms with E-state index < -0.39 is 30.4 Å². The number of carboxylic acid groups (broad SMARTS) is 1. The summed E-state index contributed by atoms with van der Waals surface area (Å²) in [6.45, 7) is -0.439. The highest BCUT2D eigenvalue weighted by atomic mass is 32.1. The molecule has 4 amide bonds. The Bertz CT molecular complexity index is 1310. The van der Waals surface area contributed by atoms with Gasteiger partial charge >= 0.3 is 12.0 Å². The Labute approximate surface area is 198 Å². The highest BCUT2D eigenvalue weighted by molar-refractivity contribution is 7.16. The summed E-state index contributed by atoms with van der Waals surface area (Å²) >= 11 is 1.34. The molecular formula is C24H19N3O6S. The number of anilines is 1. The number of carbonyl (C=O) groups excluding carboxylic acids is 3. The number of thiophene rings is 1. The smallest absolute Gasteiger partial charge is 0.335 e. The lowest BCUT2D eigenvalue weighted by Gasteiger charge is -2.12. The van der Waals surface area contributed by atoms with Crippen LogP contribution in [0.15, 0.2) is 66.4 Å². The molecule has 1 fully saturated rings. The van der Waals surface area contributed by atoms with Crippen LogP contribution in [0.5, 0.6) is 5.75 Å². The average molecular weight is 477 g/mol. The highest BCUT2D eigenvalue weighted by Crippen LogP contribution is 2.30. The third kappa shape index (κ3) is 4.97. The quantitative estimate of drug-likeness (QED) is 0.352. The largest absolute Gasteiger partial charge is 0.497 e. The molecule has 3 aromatic rings. The molecule has 0 atom stereocenters. The number of carboxylic acids is 1. The zero-order chi connectivity index (χ0) is 24.2. The number of carbonyl (C=O) groups is 4. The van der Waals surface area contributed by atoms with Gasteiger partial charge in [-0.1, -0.05) is 12.1 Å². The number of urea groups is 1. The summed E-state index contributed by atoms with van der Waals surface area (Å²) in [7, 11) is 1.53. The minimum absolute atomic E-state index is 0.0509. The number of imide groups is 1. The number of ether oxygens (including phenoxy) is 1. The second-order valence-electron chi connectivity index (χ2n) is 7.24. The summed E-state index contributed by atoms with van der Waals surface area (Å²) in [5.41, 5.74) is 1.46. The monoisotopic (exact) mass is 477 g/mol. The van der Waals surface area contributed by atoms with Crippen molar-refractivity contribution >= 4 is 46.9 Å². The molecule has 1 aliphatic rings. The van der Waals surface area contributed by atoms with E-state index in [1.165, 1.54) is 30.6 Å². The molecule has 2 heterocycles. The van der Waals surface area contributed by atoms with Gasteiger partial charge in [-0.3, -0.25) is 9.59 Å². The maximum Gasteiger partial charge on any atom is 0.335 e. The van der Waals surface area contributed by atoms with E-state index in [2.05, 4.69) is 10.6 Å². The van der Waals surface area contributed by atoms with Crippen molar-refractivity contribution in [3.63, 3.8) is 0 Å². The van der Waals surface area contributed by atoms with Crippen molar-refractivity contribution in [1.82, 2.24) is 10.2 Å². The van der Waals surface area contributed by atoms with Gasteiger partial charge in [0, 0.05) is 15.4 Å². The van der Waals surface area contributed by atoms with Crippen molar-refractivity contribution < 1.29 is 29.0 Å². The van der Waals surface area contributed by atoms with Crippen LogP contribution >= 0.6 is 11.3 Å². The summed E-state index contributed by atoms with van der Waals surface area (Å²) in [4.78, 5) is 50.9. The van der Waals surface area contributed by atoms with Crippen LogP contribution in [0.25, 0.3) is 16.5 Å².